The number of nitriles is 1. The molecule has 0 saturated carbocycles. The highest BCUT2D eigenvalue weighted by Gasteiger charge is 2.37. The first-order valence-corrected chi connectivity index (χ1v) is 8.31. The third-order valence-corrected chi connectivity index (χ3v) is 3.95. The highest BCUT2D eigenvalue weighted by molar-refractivity contribution is 5.65. The summed E-state index contributed by atoms with van der Waals surface area (Å²) in [6.45, 7) is 2.01. The maximum absolute atomic E-state index is 13.6. The molecule has 0 unspecified atom stereocenters. The number of halogens is 3. The van der Waals surface area contributed by atoms with Crippen molar-refractivity contribution < 1.29 is 13.2 Å². The summed E-state index contributed by atoms with van der Waals surface area (Å²) >= 11 is 0. The minimum atomic E-state index is -4.61. The zero-order valence-corrected chi connectivity index (χ0v) is 15.1. The first kappa shape index (κ1) is 19.2. The molecule has 1 aromatic carbocycles. The van der Waals surface area contributed by atoms with E-state index in [4.69, 9.17) is 5.26 Å². The maximum atomic E-state index is 13.6. The summed E-state index contributed by atoms with van der Waals surface area (Å²) in [6, 6.07) is 12.0. The van der Waals surface area contributed by atoms with Crippen molar-refractivity contribution >= 4 is 23.3 Å². The monoisotopic (exact) mass is 387 g/mol. The van der Waals surface area contributed by atoms with Crippen LogP contribution in [0.2, 0.25) is 0 Å². The van der Waals surface area contributed by atoms with Crippen molar-refractivity contribution in [3.8, 4) is 6.07 Å². The Bertz CT molecular complexity index is 1010. The van der Waals surface area contributed by atoms with Crippen LogP contribution >= 0.6 is 0 Å². The van der Waals surface area contributed by atoms with Crippen LogP contribution in [0.25, 0.3) is 0 Å². The Morgan fingerprint density at radius 1 is 1.25 bits per heavy atom. The van der Waals surface area contributed by atoms with Crippen molar-refractivity contribution in [2.24, 2.45) is 7.05 Å². The summed E-state index contributed by atoms with van der Waals surface area (Å²) in [5, 5.41) is 15.7. The predicted molar refractivity (Wildman–Crippen MR) is 97.4 cm³/mol. The number of aryl methyl sites for hydroxylation is 1. The predicted octanol–water partition coefficient (Wildman–Crippen LogP) is 4.00. The molecule has 0 fully saturated rings. The van der Waals surface area contributed by atoms with E-state index < -0.39 is 11.7 Å². The first-order chi connectivity index (χ1) is 13.3. The first-order valence-electron chi connectivity index (χ1n) is 8.31. The number of rotatable bonds is 5. The molecule has 0 amide bonds. The summed E-state index contributed by atoms with van der Waals surface area (Å²) in [7, 11) is 1.59. The van der Waals surface area contributed by atoms with Gasteiger partial charge < -0.3 is 10.2 Å². The highest BCUT2D eigenvalue weighted by atomic mass is 19.4. The zero-order chi connectivity index (χ0) is 20.3. The van der Waals surface area contributed by atoms with Crippen LogP contribution in [0.15, 0.2) is 42.6 Å². The van der Waals surface area contributed by atoms with Gasteiger partial charge in [-0.05, 0) is 19.1 Å². The largest absolute Gasteiger partial charge is 0.421 e. The number of aromatic nitrogens is 4. The van der Waals surface area contributed by atoms with E-state index in [1.807, 2.05) is 6.07 Å². The topological polar surface area (TPSA) is 82.7 Å². The van der Waals surface area contributed by atoms with E-state index in [2.05, 4.69) is 20.4 Å². The third kappa shape index (κ3) is 3.88. The Morgan fingerprint density at radius 3 is 2.54 bits per heavy atom. The van der Waals surface area contributed by atoms with Gasteiger partial charge in [-0.2, -0.15) is 28.5 Å². The number of anilines is 4. The van der Waals surface area contributed by atoms with E-state index in [9.17, 15) is 13.2 Å². The van der Waals surface area contributed by atoms with E-state index in [1.54, 1.807) is 44.3 Å². The lowest BCUT2D eigenvalue weighted by Gasteiger charge is -2.25. The molecule has 3 rings (SSSR count). The molecule has 0 bridgehead atoms. The number of nitrogens with one attached hydrogen (secondary N) is 1. The van der Waals surface area contributed by atoms with Crippen LogP contribution in [0.4, 0.5) is 36.4 Å². The lowest BCUT2D eigenvalue weighted by Crippen LogP contribution is -2.23. The van der Waals surface area contributed by atoms with Crippen molar-refractivity contribution in [1.82, 2.24) is 19.7 Å². The van der Waals surface area contributed by atoms with Gasteiger partial charge in [0.05, 0.1) is 0 Å². The second-order valence-corrected chi connectivity index (χ2v) is 5.78. The minimum Gasteiger partial charge on any atom is -0.326 e. The van der Waals surface area contributed by atoms with Crippen molar-refractivity contribution in [3.05, 3.63) is 53.9 Å². The fraction of sp³-hybridized carbons (Fsp3) is 0.222. The number of hydrogen-bond donors (Lipinski definition) is 1. The molecule has 10 heteroatoms. The maximum Gasteiger partial charge on any atom is 0.421 e. The molecule has 1 N–H and O–H groups in total. The van der Waals surface area contributed by atoms with Crippen molar-refractivity contribution in [2.45, 2.75) is 13.1 Å². The molecule has 144 valence electrons. The molecule has 28 heavy (non-hydrogen) atoms. The van der Waals surface area contributed by atoms with Crippen molar-refractivity contribution in [2.75, 3.05) is 16.8 Å². The van der Waals surface area contributed by atoms with E-state index in [0.717, 1.165) is 6.20 Å². The summed E-state index contributed by atoms with van der Waals surface area (Å²) in [5.74, 6) is 0.0799. The van der Waals surface area contributed by atoms with Gasteiger partial charge in [0, 0.05) is 31.5 Å². The molecule has 2 heterocycles. The van der Waals surface area contributed by atoms with Gasteiger partial charge in [-0.25, -0.2) is 4.98 Å². The van der Waals surface area contributed by atoms with Crippen molar-refractivity contribution in [3.63, 3.8) is 0 Å². The summed E-state index contributed by atoms with van der Waals surface area (Å²) < 4.78 is 42.0. The fourth-order valence-electron chi connectivity index (χ4n) is 2.65. The van der Waals surface area contributed by atoms with Gasteiger partial charge in [-0.15, -0.1) is 0 Å². The molecule has 7 nitrogen and oxygen atoms in total. The standard InChI is InChI=1S/C18H16F3N7/c1-3-28(13-7-5-4-6-8-13)16-14(18(19,20)21)11-23-17(25-16)24-15-9-12(10-22)26-27(15)2/h4-9,11H,3H2,1-2H3,(H,23,24,25). The average molecular weight is 387 g/mol. The Kier molecular flexibility index (Phi) is 5.17. The summed E-state index contributed by atoms with van der Waals surface area (Å²) in [5.41, 5.74) is -0.199. The number of benzene rings is 1. The lowest BCUT2D eigenvalue weighted by molar-refractivity contribution is -0.137. The molecule has 2 aromatic heterocycles. The number of alkyl halides is 3. The van der Waals surface area contributed by atoms with E-state index >= 15 is 0 Å². The smallest absolute Gasteiger partial charge is 0.326 e. The van der Waals surface area contributed by atoms with Gasteiger partial charge in [0.25, 0.3) is 0 Å². The number of nitrogens with zero attached hydrogens (tertiary/aromatic N) is 6. The average Bonchev–Trinajstić information content (AvgIpc) is 3.02. The normalized spacial score (nSPS) is 11.1. The second-order valence-electron chi connectivity index (χ2n) is 5.78. The molecular weight excluding hydrogens is 371 g/mol. The summed E-state index contributed by atoms with van der Waals surface area (Å²) in [6.07, 6.45) is -3.87. The molecule has 0 aliphatic heterocycles. The van der Waals surface area contributed by atoms with E-state index in [0.29, 0.717) is 11.5 Å². The molecule has 0 saturated heterocycles. The van der Waals surface area contributed by atoms with Gasteiger partial charge in [-0.3, -0.25) is 4.68 Å². The Morgan fingerprint density at radius 2 is 1.96 bits per heavy atom. The lowest BCUT2D eigenvalue weighted by atomic mass is 10.2. The molecule has 0 radical (unpaired) electrons. The van der Waals surface area contributed by atoms with Gasteiger partial charge >= 0.3 is 6.18 Å². The van der Waals surface area contributed by atoms with E-state index in [1.165, 1.54) is 15.6 Å². The number of para-hydroxylation sites is 1. The SMILES string of the molecule is CCN(c1ccccc1)c1nc(Nc2cc(C#N)nn2C)ncc1C(F)(F)F. The molecular formula is C18H16F3N7. The minimum absolute atomic E-state index is 0.0372. The van der Waals surface area contributed by atoms with Crippen LogP contribution in [0.3, 0.4) is 0 Å². The third-order valence-electron chi connectivity index (χ3n) is 3.95. The zero-order valence-electron chi connectivity index (χ0n) is 15.1. The van der Waals surface area contributed by atoms with Gasteiger partial charge in [0.15, 0.2) is 11.5 Å². The highest BCUT2D eigenvalue weighted by Crippen LogP contribution is 2.38. The molecule has 0 aliphatic rings. The van der Waals surface area contributed by atoms with Crippen LogP contribution in [-0.2, 0) is 13.2 Å². The molecule has 0 spiro atoms. The van der Waals surface area contributed by atoms with Crippen LogP contribution in [0.1, 0.15) is 18.2 Å². The van der Waals surface area contributed by atoms with Crippen molar-refractivity contribution in [1.29, 1.82) is 5.26 Å². The Hall–Kier alpha value is -3.61. The Balaban J connectivity index is 2.07. The van der Waals surface area contributed by atoms with Gasteiger partial charge in [0.2, 0.25) is 5.95 Å². The Labute approximate surface area is 159 Å². The molecule has 3 aromatic rings. The van der Waals surface area contributed by atoms with Crippen LogP contribution in [0, 0.1) is 11.3 Å². The quantitative estimate of drug-likeness (QED) is 0.713. The van der Waals surface area contributed by atoms with Crippen LogP contribution in [0.5, 0.6) is 0 Å². The summed E-state index contributed by atoms with van der Waals surface area (Å²) in [4.78, 5) is 9.37. The number of hydrogen-bond acceptors (Lipinski definition) is 6. The van der Waals surface area contributed by atoms with Gasteiger partial charge in [-0.1, -0.05) is 18.2 Å². The van der Waals surface area contributed by atoms with Crippen LogP contribution in [-0.4, -0.2) is 26.3 Å². The van der Waals surface area contributed by atoms with Crippen LogP contribution < -0.4 is 10.2 Å². The van der Waals surface area contributed by atoms with Gasteiger partial charge in [0.1, 0.15) is 17.5 Å². The molecule has 0 atom stereocenters. The second kappa shape index (κ2) is 7.56. The molecule has 0 aliphatic carbocycles. The fourth-order valence-corrected chi connectivity index (χ4v) is 2.65. The van der Waals surface area contributed by atoms with E-state index in [-0.39, 0.29) is 24.0 Å².